The lowest BCUT2D eigenvalue weighted by Gasteiger charge is -2.31. The summed E-state index contributed by atoms with van der Waals surface area (Å²) in [6, 6.07) is 7.63. The summed E-state index contributed by atoms with van der Waals surface area (Å²) in [5, 5.41) is 12.0. The number of hydrogen-bond acceptors (Lipinski definition) is 2. The van der Waals surface area contributed by atoms with Crippen LogP contribution in [0.2, 0.25) is 0 Å². The van der Waals surface area contributed by atoms with Gasteiger partial charge in [-0.2, -0.15) is 0 Å². The molecule has 0 bridgehead atoms. The molecule has 1 heterocycles. The van der Waals surface area contributed by atoms with Crippen LogP contribution < -0.4 is 10.2 Å². The SMILES string of the molecule is CCC(C)(CNC(=O)N1CCCc2ccccc21)C(=O)O. The maximum absolute atomic E-state index is 12.4. The molecule has 1 aliphatic rings. The van der Waals surface area contributed by atoms with Crippen LogP contribution in [0.25, 0.3) is 0 Å². The molecule has 0 radical (unpaired) electrons. The minimum absolute atomic E-state index is 0.135. The largest absolute Gasteiger partial charge is 0.481 e. The van der Waals surface area contributed by atoms with E-state index in [1.54, 1.807) is 11.8 Å². The molecular formula is C16H22N2O3. The lowest BCUT2D eigenvalue weighted by Crippen LogP contribution is -2.48. The fourth-order valence-corrected chi connectivity index (χ4v) is 2.46. The molecule has 0 spiro atoms. The smallest absolute Gasteiger partial charge is 0.321 e. The zero-order chi connectivity index (χ0) is 15.5. The van der Waals surface area contributed by atoms with E-state index in [0.29, 0.717) is 13.0 Å². The second-order valence-corrected chi connectivity index (χ2v) is 5.76. The number of aliphatic carboxylic acids is 1. The minimum Gasteiger partial charge on any atom is -0.481 e. The summed E-state index contributed by atoms with van der Waals surface area (Å²) in [4.78, 5) is 25.3. The summed E-state index contributed by atoms with van der Waals surface area (Å²) >= 11 is 0. The predicted molar refractivity (Wildman–Crippen MR) is 81.5 cm³/mol. The first-order valence-electron chi connectivity index (χ1n) is 7.34. The number of nitrogens with zero attached hydrogens (tertiary/aromatic N) is 1. The molecule has 0 aliphatic carbocycles. The van der Waals surface area contributed by atoms with Crippen LogP contribution in [0, 0.1) is 5.41 Å². The highest BCUT2D eigenvalue weighted by atomic mass is 16.4. The van der Waals surface area contributed by atoms with Crippen molar-refractivity contribution in [2.24, 2.45) is 5.41 Å². The van der Waals surface area contributed by atoms with Crippen LogP contribution in [0.1, 0.15) is 32.3 Å². The van der Waals surface area contributed by atoms with Crippen molar-refractivity contribution in [2.75, 3.05) is 18.0 Å². The zero-order valence-electron chi connectivity index (χ0n) is 12.6. The molecule has 2 rings (SSSR count). The van der Waals surface area contributed by atoms with Gasteiger partial charge in [-0.05, 0) is 37.8 Å². The highest BCUT2D eigenvalue weighted by Gasteiger charge is 2.32. The lowest BCUT2D eigenvalue weighted by atomic mass is 9.88. The molecule has 2 amide bonds. The molecule has 1 unspecified atom stereocenters. The average Bonchev–Trinajstić information content (AvgIpc) is 2.51. The molecule has 5 heteroatoms. The Morgan fingerprint density at radius 2 is 2.10 bits per heavy atom. The summed E-state index contributed by atoms with van der Waals surface area (Å²) in [6.45, 7) is 4.27. The van der Waals surface area contributed by atoms with Gasteiger partial charge in [0.1, 0.15) is 0 Å². The van der Waals surface area contributed by atoms with E-state index in [4.69, 9.17) is 0 Å². The van der Waals surface area contributed by atoms with Gasteiger partial charge in [-0.15, -0.1) is 0 Å². The standard InChI is InChI=1S/C16H22N2O3/c1-3-16(2,14(19)20)11-17-15(21)18-10-6-8-12-7-4-5-9-13(12)18/h4-5,7,9H,3,6,8,10-11H2,1-2H3,(H,17,21)(H,19,20). The van der Waals surface area contributed by atoms with Gasteiger partial charge < -0.3 is 10.4 Å². The van der Waals surface area contributed by atoms with Crippen molar-refractivity contribution >= 4 is 17.7 Å². The van der Waals surface area contributed by atoms with Gasteiger partial charge in [-0.3, -0.25) is 9.69 Å². The number of carbonyl (C=O) groups is 2. The van der Waals surface area contributed by atoms with E-state index < -0.39 is 11.4 Å². The minimum atomic E-state index is -0.926. The highest BCUT2D eigenvalue weighted by molar-refractivity contribution is 5.93. The van der Waals surface area contributed by atoms with Crippen molar-refractivity contribution in [1.82, 2.24) is 5.32 Å². The second kappa shape index (κ2) is 6.16. The number of para-hydroxylation sites is 1. The summed E-state index contributed by atoms with van der Waals surface area (Å²) < 4.78 is 0. The summed E-state index contributed by atoms with van der Waals surface area (Å²) in [6.07, 6.45) is 2.37. The Morgan fingerprint density at radius 3 is 2.76 bits per heavy atom. The van der Waals surface area contributed by atoms with Gasteiger partial charge in [0, 0.05) is 18.8 Å². The molecular weight excluding hydrogens is 268 g/mol. The number of urea groups is 1. The number of carbonyl (C=O) groups excluding carboxylic acids is 1. The molecule has 0 fully saturated rings. The number of rotatable bonds is 4. The van der Waals surface area contributed by atoms with E-state index in [0.717, 1.165) is 24.1 Å². The van der Waals surface area contributed by atoms with Gasteiger partial charge in [-0.25, -0.2) is 4.79 Å². The molecule has 0 saturated carbocycles. The Balaban J connectivity index is 2.07. The number of amides is 2. The molecule has 21 heavy (non-hydrogen) atoms. The van der Waals surface area contributed by atoms with Crippen molar-refractivity contribution in [1.29, 1.82) is 0 Å². The second-order valence-electron chi connectivity index (χ2n) is 5.76. The third-order valence-corrected chi connectivity index (χ3v) is 4.28. The van der Waals surface area contributed by atoms with E-state index in [9.17, 15) is 14.7 Å². The number of fused-ring (bicyclic) bond motifs is 1. The number of hydrogen-bond donors (Lipinski definition) is 2. The molecule has 114 valence electrons. The first kappa shape index (κ1) is 15.4. The van der Waals surface area contributed by atoms with E-state index in [1.165, 1.54) is 0 Å². The number of anilines is 1. The van der Waals surface area contributed by atoms with Crippen molar-refractivity contribution in [3.05, 3.63) is 29.8 Å². The van der Waals surface area contributed by atoms with Crippen molar-refractivity contribution in [2.45, 2.75) is 33.1 Å². The normalized spacial score (nSPS) is 16.8. The van der Waals surface area contributed by atoms with Crippen LogP contribution in [0.4, 0.5) is 10.5 Å². The van der Waals surface area contributed by atoms with Crippen LogP contribution in [0.15, 0.2) is 24.3 Å². The number of carboxylic acid groups (broad SMARTS) is 1. The molecule has 1 aromatic rings. The fourth-order valence-electron chi connectivity index (χ4n) is 2.46. The Labute approximate surface area is 125 Å². The van der Waals surface area contributed by atoms with Gasteiger partial charge >= 0.3 is 12.0 Å². The van der Waals surface area contributed by atoms with Crippen LogP contribution >= 0.6 is 0 Å². The average molecular weight is 290 g/mol. The number of aryl methyl sites for hydroxylation is 1. The lowest BCUT2D eigenvalue weighted by molar-refractivity contribution is -0.147. The van der Waals surface area contributed by atoms with Crippen LogP contribution in [0.3, 0.4) is 0 Å². The topological polar surface area (TPSA) is 69.6 Å². The molecule has 2 N–H and O–H groups in total. The number of carboxylic acids is 1. The van der Waals surface area contributed by atoms with Crippen LogP contribution in [-0.4, -0.2) is 30.2 Å². The third kappa shape index (κ3) is 3.17. The Morgan fingerprint density at radius 1 is 1.38 bits per heavy atom. The van der Waals surface area contributed by atoms with Gasteiger partial charge in [0.05, 0.1) is 5.41 Å². The zero-order valence-corrected chi connectivity index (χ0v) is 12.6. The van der Waals surface area contributed by atoms with E-state index in [2.05, 4.69) is 5.32 Å². The van der Waals surface area contributed by atoms with Gasteiger partial charge in [0.25, 0.3) is 0 Å². The van der Waals surface area contributed by atoms with E-state index in [1.807, 2.05) is 31.2 Å². The maximum Gasteiger partial charge on any atom is 0.321 e. The fraction of sp³-hybridized carbons (Fsp3) is 0.500. The van der Waals surface area contributed by atoms with Gasteiger partial charge in [-0.1, -0.05) is 25.1 Å². The summed E-state index contributed by atoms with van der Waals surface area (Å²) in [5.74, 6) is -0.885. The van der Waals surface area contributed by atoms with Crippen molar-refractivity contribution in [3.8, 4) is 0 Å². The molecule has 0 saturated heterocycles. The van der Waals surface area contributed by atoms with Crippen molar-refractivity contribution < 1.29 is 14.7 Å². The third-order valence-electron chi connectivity index (χ3n) is 4.28. The Hall–Kier alpha value is -2.04. The number of benzene rings is 1. The molecule has 1 aromatic carbocycles. The van der Waals surface area contributed by atoms with Gasteiger partial charge in [0.15, 0.2) is 0 Å². The van der Waals surface area contributed by atoms with Crippen LogP contribution in [-0.2, 0) is 11.2 Å². The Bertz CT molecular complexity index is 544. The first-order valence-corrected chi connectivity index (χ1v) is 7.34. The molecule has 1 atom stereocenters. The predicted octanol–water partition coefficient (Wildman–Crippen LogP) is 2.65. The Kier molecular flexibility index (Phi) is 4.50. The molecule has 1 aliphatic heterocycles. The molecule has 0 aromatic heterocycles. The maximum atomic E-state index is 12.4. The van der Waals surface area contributed by atoms with Crippen LogP contribution in [0.5, 0.6) is 0 Å². The van der Waals surface area contributed by atoms with E-state index in [-0.39, 0.29) is 12.6 Å². The highest BCUT2D eigenvalue weighted by Crippen LogP contribution is 2.27. The summed E-state index contributed by atoms with van der Waals surface area (Å²) in [5.41, 5.74) is 1.16. The number of nitrogens with one attached hydrogen (secondary N) is 1. The van der Waals surface area contributed by atoms with E-state index >= 15 is 0 Å². The molecule has 5 nitrogen and oxygen atoms in total. The summed E-state index contributed by atoms with van der Waals surface area (Å²) in [7, 11) is 0. The van der Waals surface area contributed by atoms with Gasteiger partial charge in [0.2, 0.25) is 0 Å². The quantitative estimate of drug-likeness (QED) is 0.895. The first-order chi connectivity index (χ1) is 9.98. The monoisotopic (exact) mass is 290 g/mol. The van der Waals surface area contributed by atoms with Crippen molar-refractivity contribution in [3.63, 3.8) is 0 Å².